The van der Waals surface area contributed by atoms with Gasteiger partial charge in [0, 0.05) is 18.3 Å². The summed E-state index contributed by atoms with van der Waals surface area (Å²) in [5.41, 5.74) is 0.490. The number of halogens is 1. The Kier molecular flexibility index (Phi) is 6.31. The number of carbonyl (C=O) groups excluding carboxylic acids is 1. The fourth-order valence-corrected chi connectivity index (χ4v) is 3.60. The fraction of sp³-hybridized carbons (Fsp3) is 0.143. The van der Waals surface area contributed by atoms with Crippen LogP contribution in [0, 0.1) is 5.82 Å². The molecule has 2 aromatic carbocycles. The second kappa shape index (κ2) is 8.91. The summed E-state index contributed by atoms with van der Waals surface area (Å²) in [5, 5.41) is 2.77. The van der Waals surface area contributed by atoms with Gasteiger partial charge in [-0.15, -0.1) is 0 Å². The van der Waals surface area contributed by atoms with Gasteiger partial charge in [-0.3, -0.25) is 9.52 Å². The molecule has 30 heavy (non-hydrogen) atoms. The first kappa shape index (κ1) is 21.3. The van der Waals surface area contributed by atoms with Crippen molar-refractivity contribution in [3.05, 3.63) is 78.2 Å². The maximum absolute atomic E-state index is 13.1. The van der Waals surface area contributed by atoms with Crippen LogP contribution in [-0.4, -0.2) is 25.4 Å². The average molecular weight is 429 g/mol. The predicted octanol–water partition coefficient (Wildman–Crippen LogP) is 3.95. The first-order chi connectivity index (χ1) is 14.2. The highest BCUT2D eigenvalue weighted by Crippen LogP contribution is 2.26. The number of sulfonamides is 1. The number of rotatable bonds is 7. The number of hydrogen-bond acceptors (Lipinski definition) is 5. The van der Waals surface area contributed by atoms with Crippen LogP contribution in [0.5, 0.6) is 11.6 Å². The number of pyridine rings is 1. The second-order valence-electron chi connectivity index (χ2n) is 6.67. The quantitative estimate of drug-likeness (QED) is 0.593. The molecule has 156 valence electrons. The second-order valence-corrected chi connectivity index (χ2v) is 8.36. The van der Waals surface area contributed by atoms with Gasteiger partial charge in [0.25, 0.3) is 15.9 Å². The SMILES string of the molecule is CC(C)NC(=O)c1cccnc1Oc1cccc(NS(=O)(=O)c2ccc(F)cc2)c1. The number of anilines is 1. The third-order valence-corrected chi connectivity index (χ3v) is 5.26. The molecule has 1 heterocycles. The first-order valence-electron chi connectivity index (χ1n) is 9.07. The number of benzene rings is 2. The number of amides is 1. The molecule has 0 aliphatic rings. The molecule has 0 fully saturated rings. The highest BCUT2D eigenvalue weighted by atomic mass is 32.2. The van der Waals surface area contributed by atoms with Crippen molar-refractivity contribution in [2.45, 2.75) is 24.8 Å². The van der Waals surface area contributed by atoms with Gasteiger partial charge in [0.1, 0.15) is 17.1 Å². The molecule has 9 heteroatoms. The number of carbonyl (C=O) groups is 1. The molecule has 0 aliphatic carbocycles. The normalized spacial score (nSPS) is 11.2. The molecular formula is C21H20FN3O4S. The number of nitrogens with one attached hydrogen (secondary N) is 2. The van der Waals surface area contributed by atoms with Crippen molar-refractivity contribution in [2.75, 3.05) is 4.72 Å². The van der Waals surface area contributed by atoms with E-state index in [0.717, 1.165) is 12.1 Å². The minimum atomic E-state index is -3.91. The first-order valence-corrected chi connectivity index (χ1v) is 10.5. The molecule has 0 aliphatic heterocycles. The van der Waals surface area contributed by atoms with E-state index in [1.54, 1.807) is 30.3 Å². The molecule has 3 rings (SSSR count). The van der Waals surface area contributed by atoms with Gasteiger partial charge in [-0.2, -0.15) is 0 Å². The molecule has 0 saturated heterocycles. The van der Waals surface area contributed by atoms with Crippen molar-refractivity contribution in [1.82, 2.24) is 10.3 Å². The Morgan fingerprint density at radius 2 is 1.80 bits per heavy atom. The summed E-state index contributed by atoms with van der Waals surface area (Å²) in [6, 6.07) is 13.8. The van der Waals surface area contributed by atoms with Gasteiger partial charge in [-0.1, -0.05) is 6.07 Å². The van der Waals surface area contributed by atoms with Crippen LogP contribution in [0.15, 0.2) is 71.8 Å². The van der Waals surface area contributed by atoms with Crippen LogP contribution in [0.25, 0.3) is 0 Å². The monoisotopic (exact) mass is 429 g/mol. The Morgan fingerprint density at radius 3 is 2.50 bits per heavy atom. The summed E-state index contributed by atoms with van der Waals surface area (Å²) < 4.78 is 46.2. The van der Waals surface area contributed by atoms with Crippen LogP contribution >= 0.6 is 0 Å². The van der Waals surface area contributed by atoms with Crippen LogP contribution in [0.1, 0.15) is 24.2 Å². The fourth-order valence-electron chi connectivity index (χ4n) is 2.55. The minimum Gasteiger partial charge on any atom is -0.438 e. The predicted molar refractivity (Wildman–Crippen MR) is 111 cm³/mol. The summed E-state index contributed by atoms with van der Waals surface area (Å²) in [6.07, 6.45) is 1.49. The Morgan fingerprint density at radius 1 is 1.07 bits per heavy atom. The van der Waals surface area contributed by atoms with E-state index in [1.807, 2.05) is 13.8 Å². The van der Waals surface area contributed by atoms with Crippen LogP contribution in [-0.2, 0) is 10.0 Å². The van der Waals surface area contributed by atoms with E-state index in [9.17, 15) is 17.6 Å². The highest BCUT2D eigenvalue weighted by Gasteiger charge is 2.17. The maximum atomic E-state index is 13.1. The lowest BCUT2D eigenvalue weighted by Gasteiger charge is -2.13. The molecule has 7 nitrogen and oxygen atoms in total. The third kappa shape index (κ3) is 5.32. The van der Waals surface area contributed by atoms with Crippen molar-refractivity contribution in [1.29, 1.82) is 0 Å². The van der Waals surface area contributed by atoms with Crippen molar-refractivity contribution < 1.29 is 22.3 Å². The number of hydrogen-bond donors (Lipinski definition) is 2. The standard InChI is InChI=1S/C21H20FN3O4S/c1-14(2)24-20(26)19-7-4-12-23-21(19)29-17-6-3-5-16(13-17)25-30(27,28)18-10-8-15(22)9-11-18/h3-14,25H,1-2H3,(H,24,26). The molecule has 1 aromatic heterocycles. The maximum Gasteiger partial charge on any atom is 0.261 e. The molecule has 2 N–H and O–H groups in total. The Bertz CT molecular complexity index is 1150. The number of nitrogens with zero attached hydrogens (tertiary/aromatic N) is 1. The largest absolute Gasteiger partial charge is 0.438 e. The Balaban J connectivity index is 1.82. The molecule has 1 amide bonds. The molecule has 0 saturated carbocycles. The summed E-state index contributed by atoms with van der Waals surface area (Å²) in [7, 11) is -3.91. The van der Waals surface area contributed by atoms with Crippen LogP contribution in [0.2, 0.25) is 0 Å². The summed E-state index contributed by atoms with van der Waals surface area (Å²) in [5.74, 6) is -0.487. The van der Waals surface area contributed by atoms with Crippen molar-refractivity contribution >= 4 is 21.6 Å². The highest BCUT2D eigenvalue weighted by molar-refractivity contribution is 7.92. The summed E-state index contributed by atoms with van der Waals surface area (Å²) in [6.45, 7) is 3.68. The van der Waals surface area contributed by atoms with E-state index in [1.165, 1.54) is 24.4 Å². The van der Waals surface area contributed by atoms with Gasteiger partial charge >= 0.3 is 0 Å². The van der Waals surface area contributed by atoms with Crippen LogP contribution < -0.4 is 14.8 Å². The van der Waals surface area contributed by atoms with Gasteiger partial charge in [0.05, 0.1) is 10.6 Å². The molecule has 3 aromatic rings. The third-order valence-electron chi connectivity index (χ3n) is 3.86. The number of aromatic nitrogens is 1. The zero-order valence-electron chi connectivity index (χ0n) is 16.3. The van der Waals surface area contributed by atoms with Gasteiger partial charge in [0.2, 0.25) is 5.88 Å². The van der Waals surface area contributed by atoms with Gasteiger partial charge < -0.3 is 10.1 Å². The van der Waals surface area contributed by atoms with E-state index >= 15 is 0 Å². The van der Waals surface area contributed by atoms with Crippen molar-refractivity contribution in [2.24, 2.45) is 0 Å². The lowest BCUT2D eigenvalue weighted by atomic mass is 10.2. The van der Waals surface area contributed by atoms with Crippen molar-refractivity contribution in [3.63, 3.8) is 0 Å². The van der Waals surface area contributed by atoms with E-state index < -0.39 is 15.8 Å². The van der Waals surface area contributed by atoms with E-state index in [2.05, 4.69) is 15.0 Å². The topological polar surface area (TPSA) is 97.4 Å². The van der Waals surface area contributed by atoms with Gasteiger partial charge in [0.15, 0.2) is 0 Å². The summed E-state index contributed by atoms with van der Waals surface area (Å²) >= 11 is 0. The van der Waals surface area contributed by atoms with Gasteiger partial charge in [-0.25, -0.2) is 17.8 Å². The molecule has 0 atom stereocenters. The smallest absolute Gasteiger partial charge is 0.261 e. The summed E-state index contributed by atoms with van der Waals surface area (Å²) in [4.78, 5) is 16.4. The van der Waals surface area contributed by atoms with E-state index in [0.29, 0.717) is 0 Å². The molecule has 0 bridgehead atoms. The number of ether oxygens (including phenoxy) is 1. The zero-order valence-corrected chi connectivity index (χ0v) is 17.1. The van der Waals surface area contributed by atoms with Gasteiger partial charge in [-0.05, 0) is 62.4 Å². The van der Waals surface area contributed by atoms with Crippen LogP contribution in [0.4, 0.5) is 10.1 Å². The van der Waals surface area contributed by atoms with Crippen molar-refractivity contribution in [3.8, 4) is 11.6 Å². The molecule has 0 unspecified atom stereocenters. The average Bonchev–Trinajstić information content (AvgIpc) is 2.68. The van der Waals surface area contributed by atoms with E-state index in [-0.39, 0.29) is 39.7 Å². The lowest BCUT2D eigenvalue weighted by molar-refractivity contribution is 0.0940. The minimum absolute atomic E-state index is 0.0604. The molecule has 0 spiro atoms. The zero-order chi connectivity index (χ0) is 21.7. The molecule has 0 radical (unpaired) electrons. The van der Waals surface area contributed by atoms with E-state index in [4.69, 9.17) is 4.74 Å². The Hall–Kier alpha value is -3.46. The molecular weight excluding hydrogens is 409 g/mol. The van der Waals surface area contributed by atoms with Crippen LogP contribution in [0.3, 0.4) is 0 Å². The Labute approximate surface area is 174 Å². The lowest BCUT2D eigenvalue weighted by Crippen LogP contribution is -2.30.